The molecule has 128 valence electrons. The Morgan fingerprint density at radius 3 is 2.78 bits per heavy atom. The quantitative estimate of drug-likeness (QED) is 0.248. The van der Waals surface area contributed by atoms with Gasteiger partial charge < -0.3 is 20.7 Å². The summed E-state index contributed by atoms with van der Waals surface area (Å²) in [5.74, 6) is 1.52. The highest BCUT2D eigenvalue weighted by Crippen LogP contribution is 2.16. The van der Waals surface area contributed by atoms with Crippen LogP contribution in [-0.2, 0) is 11.8 Å². The van der Waals surface area contributed by atoms with Gasteiger partial charge in [0.15, 0.2) is 11.6 Å². The van der Waals surface area contributed by atoms with E-state index < -0.39 is 0 Å². The number of fused-ring (bicyclic) bond motifs is 1. The van der Waals surface area contributed by atoms with E-state index in [4.69, 9.17) is 4.74 Å². The first-order valence-corrected chi connectivity index (χ1v) is 7.06. The van der Waals surface area contributed by atoms with Crippen LogP contribution < -0.4 is 16.0 Å². The van der Waals surface area contributed by atoms with Crippen LogP contribution in [0.2, 0.25) is 0 Å². The molecule has 0 aliphatic heterocycles. The standard InChI is InChI=1S/C13H22N8O.HI/c1-14-13(17-6-7-22-3)16-5-4-15-11-10-8-20-21(2)12(10)19-9-18-11;/h8-9H,4-7H2,1-3H3,(H2,14,16,17)(H,15,18,19);1H. The van der Waals surface area contributed by atoms with Crippen LogP contribution in [0.1, 0.15) is 0 Å². The fourth-order valence-corrected chi connectivity index (χ4v) is 1.96. The number of aliphatic imine (C=N–C) groups is 1. The van der Waals surface area contributed by atoms with Gasteiger partial charge in [-0.05, 0) is 0 Å². The second kappa shape index (κ2) is 10.2. The molecule has 23 heavy (non-hydrogen) atoms. The molecule has 0 aliphatic carbocycles. The number of anilines is 1. The lowest BCUT2D eigenvalue weighted by Crippen LogP contribution is -2.40. The Hall–Kier alpha value is -1.69. The lowest BCUT2D eigenvalue weighted by atomic mass is 10.4. The SMILES string of the molecule is CN=C(NCCNc1ncnc2c1cnn2C)NCCOC.I. The summed E-state index contributed by atoms with van der Waals surface area (Å²) in [5.41, 5.74) is 0.808. The molecule has 0 saturated heterocycles. The summed E-state index contributed by atoms with van der Waals surface area (Å²) >= 11 is 0. The van der Waals surface area contributed by atoms with Crippen molar-refractivity contribution in [2.75, 3.05) is 45.7 Å². The molecule has 0 saturated carbocycles. The molecule has 10 heteroatoms. The molecule has 0 radical (unpaired) electrons. The summed E-state index contributed by atoms with van der Waals surface area (Å²) in [4.78, 5) is 12.6. The smallest absolute Gasteiger partial charge is 0.191 e. The summed E-state index contributed by atoms with van der Waals surface area (Å²) in [6.45, 7) is 2.76. The van der Waals surface area contributed by atoms with Crippen LogP contribution >= 0.6 is 24.0 Å². The average molecular weight is 434 g/mol. The Balaban J connectivity index is 0.00000264. The van der Waals surface area contributed by atoms with Gasteiger partial charge in [0.2, 0.25) is 0 Å². The molecular formula is C13H23IN8O. The number of aryl methyl sites for hydroxylation is 1. The summed E-state index contributed by atoms with van der Waals surface area (Å²) in [5, 5.41) is 14.7. The minimum absolute atomic E-state index is 0. The fourth-order valence-electron chi connectivity index (χ4n) is 1.96. The molecule has 0 aliphatic rings. The van der Waals surface area contributed by atoms with Gasteiger partial charge in [-0.15, -0.1) is 24.0 Å². The van der Waals surface area contributed by atoms with E-state index in [1.807, 2.05) is 7.05 Å². The molecule has 3 N–H and O–H groups in total. The van der Waals surface area contributed by atoms with Crippen molar-refractivity contribution in [1.29, 1.82) is 0 Å². The molecular weight excluding hydrogens is 411 g/mol. The van der Waals surface area contributed by atoms with Crippen molar-refractivity contribution in [1.82, 2.24) is 30.4 Å². The van der Waals surface area contributed by atoms with Crippen LogP contribution in [0, 0.1) is 0 Å². The number of rotatable bonds is 7. The Morgan fingerprint density at radius 2 is 2.04 bits per heavy atom. The van der Waals surface area contributed by atoms with Gasteiger partial charge in [0.25, 0.3) is 0 Å². The molecule has 0 bridgehead atoms. The maximum atomic E-state index is 4.98. The molecule has 0 amide bonds. The highest BCUT2D eigenvalue weighted by Gasteiger charge is 2.06. The normalized spacial score (nSPS) is 11.2. The lowest BCUT2D eigenvalue weighted by molar-refractivity contribution is 0.203. The predicted octanol–water partition coefficient (Wildman–Crippen LogP) is 0.205. The molecule has 2 aromatic rings. The van der Waals surface area contributed by atoms with Crippen molar-refractivity contribution in [3.05, 3.63) is 12.5 Å². The summed E-state index contributed by atoms with van der Waals surface area (Å²) in [7, 11) is 5.26. The van der Waals surface area contributed by atoms with Gasteiger partial charge in [0, 0.05) is 40.8 Å². The maximum Gasteiger partial charge on any atom is 0.191 e. The number of hydrogen-bond donors (Lipinski definition) is 3. The van der Waals surface area contributed by atoms with E-state index in [9.17, 15) is 0 Å². The van der Waals surface area contributed by atoms with E-state index in [-0.39, 0.29) is 24.0 Å². The molecule has 0 spiro atoms. The monoisotopic (exact) mass is 434 g/mol. The van der Waals surface area contributed by atoms with Crippen molar-refractivity contribution in [2.45, 2.75) is 0 Å². The second-order valence-electron chi connectivity index (χ2n) is 4.57. The summed E-state index contributed by atoms with van der Waals surface area (Å²) in [6, 6.07) is 0. The van der Waals surface area contributed by atoms with Crippen LogP contribution in [0.3, 0.4) is 0 Å². The van der Waals surface area contributed by atoms with E-state index in [0.717, 1.165) is 22.8 Å². The molecule has 0 unspecified atom stereocenters. The van der Waals surface area contributed by atoms with E-state index in [1.165, 1.54) is 6.33 Å². The van der Waals surface area contributed by atoms with E-state index in [0.29, 0.717) is 26.2 Å². The van der Waals surface area contributed by atoms with E-state index in [2.05, 4.69) is 36.0 Å². The van der Waals surface area contributed by atoms with Crippen molar-refractivity contribution in [2.24, 2.45) is 12.0 Å². The number of halogens is 1. The minimum atomic E-state index is 0. The van der Waals surface area contributed by atoms with Crippen molar-refractivity contribution in [3.63, 3.8) is 0 Å². The molecule has 2 rings (SSSR count). The molecule has 0 atom stereocenters. The molecule has 9 nitrogen and oxygen atoms in total. The fraction of sp³-hybridized carbons (Fsp3) is 0.538. The third-order valence-corrected chi connectivity index (χ3v) is 3.06. The first kappa shape index (κ1) is 19.4. The van der Waals surface area contributed by atoms with Crippen LogP contribution in [0.4, 0.5) is 5.82 Å². The number of guanidine groups is 1. The topological polar surface area (TPSA) is 101 Å². The third kappa shape index (κ3) is 5.46. The number of aromatic nitrogens is 4. The highest BCUT2D eigenvalue weighted by molar-refractivity contribution is 14.0. The van der Waals surface area contributed by atoms with Crippen LogP contribution in [-0.4, -0.2) is 66.1 Å². The summed E-state index contributed by atoms with van der Waals surface area (Å²) < 4.78 is 6.71. The van der Waals surface area contributed by atoms with Gasteiger partial charge in [0.1, 0.15) is 12.1 Å². The zero-order valence-electron chi connectivity index (χ0n) is 13.5. The van der Waals surface area contributed by atoms with Gasteiger partial charge in [-0.1, -0.05) is 0 Å². The van der Waals surface area contributed by atoms with E-state index >= 15 is 0 Å². The first-order valence-electron chi connectivity index (χ1n) is 7.06. The summed E-state index contributed by atoms with van der Waals surface area (Å²) in [6.07, 6.45) is 3.29. The van der Waals surface area contributed by atoms with Crippen molar-refractivity contribution < 1.29 is 4.74 Å². The van der Waals surface area contributed by atoms with Gasteiger partial charge >= 0.3 is 0 Å². The highest BCUT2D eigenvalue weighted by atomic mass is 127. The number of hydrogen-bond acceptors (Lipinski definition) is 6. The molecule has 0 aromatic carbocycles. The zero-order chi connectivity index (χ0) is 15.8. The van der Waals surface area contributed by atoms with Gasteiger partial charge in [-0.2, -0.15) is 5.10 Å². The lowest BCUT2D eigenvalue weighted by Gasteiger charge is -2.12. The van der Waals surface area contributed by atoms with E-state index in [1.54, 1.807) is 25.0 Å². The second-order valence-corrected chi connectivity index (χ2v) is 4.57. The van der Waals surface area contributed by atoms with Crippen LogP contribution in [0.25, 0.3) is 11.0 Å². The molecule has 0 fully saturated rings. The van der Waals surface area contributed by atoms with Gasteiger partial charge in [0.05, 0.1) is 18.2 Å². The first-order chi connectivity index (χ1) is 10.8. The Kier molecular flexibility index (Phi) is 8.55. The van der Waals surface area contributed by atoms with Crippen molar-refractivity contribution >= 4 is 46.8 Å². The van der Waals surface area contributed by atoms with Crippen LogP contribution in [0.15, 0.2) is 17.5 Å². The van der Waals surface area contributed by atoms with Gasteiger partial charge in [-0.3, -0.25) is 9.67 Å². The van der Waals surface area contributed by atoms with Gasteiger partial charge in [-0.25, -0.2) is 9.97 Å². The van der Waals surface area contributed by atoms with Crippen molar-refractivity contribution in [3.8, 4) is 0 Å². The third-order valence-electron chi connectivity index (χ3n) is 3.06. The predicted molar refractivity (Wildman–Crippen MR) is 101 cm³/mol. The zero-order valence-corrected chi connectivity index (χ0v) is 15.9. The minimum Gasteiger partial charge on any atom is -0.383 e. The Labute approximate surface area is 152 Å². The average Bonchev–Trinajstić information content (AvgIpc) is 2.92. The Bertz CT molecular complexity index is 629. The number of nitrogens with zero attached hydrogens (tertiary/aromatic N) is 5. The molecule has 2 heterocycles. The van der Waals surface area contributed by atoms with Crippen LogP contribution in [0.5, 0.6) is 0 Å². The number of nitrogens with one attached hydrogen (secondary N) is 3. The Morgan fingerprint density at radius 1 is 1.26 bits per heavy atom. The maximum absolute atomic E-state index is 4.98. The number of methoxy groups -OCH3 is 1. The number of ether oxygens (including phenoxy) is 1. The molecule has 2 aromatic heterocycles. The largest absolute Gasteiger partial charge is 0.383 e.